The second-order valence-electron chi connectivity index (χ2n) is 11.1. The molecule has 2 atom stereocenters. The summed E-state index contributed by atoms with van der Waals surface area (Å²) in [6, 6.07) is 9.63. The molecule has 2 unspecified atom stereocenters. The van der Waals surface area contributed by atoms with Crippen molar-refractivity contribution in [2.24, 2.45) is 5.92 Å². The van der Waals surface area contributed by atoms with Crippen LogP contribution in [0.3, 0.4) is 0 Å². The Bertz CT molecular complexity index is 1570. The van der Waals surface area contributed by atoms with Gasteiger partial charge in [-0.15, -0.1) is 0 Å². The van der Waals surface area contributed by atoms with Crippen molar-refractivity contribution >= 4 is 45.9 Å². The van der Waals surface area contributed by atoms with Gasteiger partial charge in [-0.05, 0) is 49.8 Å². The number of nitrogens with one attached hydrogen (secondary N) is 2. The number of para-hydroxylation sites is 1. The van der Waals surface area contributed by atoms with Crippen LogP contribution in [-0.4, -0.2) is 60.8 Å². The number of hydrogen-bond donors (Lipinski definition) is 2. The van der Waals surface area contributed by atoms with Gasteiger partial charge in [0.05, 0.1) is 5.02 Å². The van der Waals surface area contributed by atoms with Crippen LogP contribution < -0.4 is 15.8 Å². The minimum absolute atomic E-state index is 0.0136. The number of pyridine rings is 1. The number of carbonyl (C=O) groups is 1. The van der Waals surface area contributed by atoms with Crippen LogP contribution in [0.5, 0.6) is 0 Å². The Labute approximate surface area is 249 Å². The molecule has 0 saturated carbocycles. The number of furan rings is 1. The fourth-order valence-electron chi connectivity index (χ4n) is 5.62. The zero-order chi connectivity index (χ0) is 29.5. The molecule has 1 aromatic carbocycles. The van der Waals surface area contributed by atoms with Crippen molar-refractivity contribution < 1.29 is 18.7 Å². The minimum Gasteiger partial charge on any atom is -0.450 e. The van der Waals surface area contributed by atoms with E-state index in [-0.39, 0.29) is 11.5 Å². The van der Waals surface area contributed by atoms with Gasteiger partial charge < -0.3 is 29.1 Å². The number of fused-ring (bicyclic) bond motifs is 3. The van der Waals surface area contributed by atoms with Crippen LogP contribution in [-0.2, 0) is 26.3 Å². The van der Waals surface area contributed by atoms with Crippen LogP contribution >= 0.6 is 11.6 Å². The summed E-state index contributed by atoms with van der Waals surface area (Å²) in [5.41, 5.74) is 2.21. The molecule has 1 fully saturated rings. The van der Waals surface area contributed by atoms with E-state index in [2.05, 4.69) is 15.2 Å². The highest BCUT2D eigenvalue weighted by Crippen LogP contribution is 2.35. The van der Waals surface area contributed by atoms with Gasteiger partial charge in [0.2, 0.25) is 6.41 Å². The standard InChI is InChI=1S/C31H38ClN5O5/c1-21(31(2,10-11-33-20-38)24-16-22(32)17-34-30(24)39)18-40-14-7-15-41-19-26-35-27-23-8-3-4-9-25(23)42-28(27)29(36-26)37-12-5-6-13-37/h3-4,8-9,16-17,20-21H,5-7,10-15,18-19H2,1-2H3,(H,33,38)(H,34,39). The summed E-state index contributed by atoms with van der Waals surface area (Å²) in [6.07, 6.45) is 5.69. The monoisotopic (exact) mass is 595 g/mol. The maximum atomic E-state index is 12.7. The van der Waals surface area contributed by atoms with Crippen LogP contribution in [0.2, 0.25) is 5.02 Å². The maximum absolute atomic E-state index is 12.7. The lowest BCUT2D eigenvalue weighted by atomic mass is 9.71. The topological polar surface area (TPSA) is 123 Å². The molecule has 3 aromatic heterocycles. The third kappa shape index (κ3) is 6.61. The quantitative estimate of drug-likeness (QED) is 0.146. The molecule has 0 spiro atoms. The third-order valence-corrected chi connectivity index (χ3v) is 8.49. The first-order valence-corrected chi connectivity index (χ1v) is 14.9. The van der Waals surface area contributed by atoms with Gasteiger partial charge in [-0.2, -0.15) is 0 Å². The molecule has 42 heavy (non-hydrogen) atoms. The van der Waals surface area contributed by atoms with Crippen LogP contribution in [0.15, 0.2) is 45.7 Å². The number of halogens is 1. The molecule has 5 rings (SSSR count). The molecule has 1 amide bonds. The highest BCUT2D eigenvalue weighted by molar-refractivity contribution is 6.30. The van der Waals surface area contributed by atoms with E-state index in [1.807, 2.05) is 38.1 Å². The van der Waals surface area contributed by atoms with Crippen molar-refractivity contribution in [1.82, 2.24) is 20.3 Å². The van der Waals surface area contributed by atoms with Gasteiger partial charge in [-0.1, -0.05) is 37.6 Å². The molecule has 11 heteroatoms. The summed E-state index contributed by atoms with van der Waals surface area (Å²) in [7, 11) is 0. The highest BCUT2D eigenvalue weighted by Gasteiger charge is 2.35. The molecule has 2 N–H and O–H groups in total. The number of H-pyrrole nitrogens is 1. The number of anilines is 1. The van der Waals surface area contributed by atoms with E-state index in [0.717, 1.165) is 53.8 Å². The first-order chi connectivity index (χ1) is 20.4. The SMILES string of the molecule is CC(COCCCOCc1nc(N2CCCC2)c2oc3ccccc3c2n1)C(C)(CCNC=O)c1cc(Cl)c[nH]c1=O. The van der Waals surface area contributed by atoms with Crippen molar-refractivity contribution in [3.63, 3.8) is 0 Å². The Morgan fingerprint density at radius 1 is 1.21 bits per heavy atom. The van der Waals surface area contributed by atoms with Gasteiger partial charge in [0.25, 0.3) is 5.56 Å². The van der Waals surface area contributed by atoms with Crippen LogP contribution in [0.4, 0.5) is 5.82 Å². The number of ether oxygens (including phenoxy) is 2. The van der Waals surface area contributed by atoms with Crippen molar-refractivity contribution in [2.45, 2.75) is 51.6 Å². The van der Waals surface area contributed by atoms with Gasteiger partial charge >= 0.3 is 0 Å². The zero-order valence-corrected chi connectivity index (χ0v) is 24.9. The predicted octanol–water partition coefficient (Wildman–Crippen LogP) is 4.97. The van der Waals surface area contributed by atoms with Crippen molar-refractivity contribution in [2.75, 3.05) is 44.4 Å². The first kappa shape index (κ1) is 30.0. The number of benzene rings is 1. The maximum Gasteiger partial charge on any atom is 0.251 e. The minimum atomic E-state index is -0.550. The smallest absolute Gasteiger partial charge is 0.251 e. The van der Waals surface area contributed by atoms with E-state index in [1.165, 1.54) is 6.20 Å². The van der Waals surface area contributed by atoms with Gasteiger partial charge in [-0.3, -0.25) is 9.59 Å². The molecule has 1 aliphatic rings. The molecule has 0 aliphatic carbocycles. The summed E-state index contributed by atoms with van der Waals surface area (Å²) in [4.78, 5) is 38.1. The molecule has 0 radical (unpaired) electrons. The normalized spacial score (nSPS) is 15.7. The van der Waals surface area contributed by atoms with Crippen LogP contribution in [0.1, 0.15) is 50.9 Å². The Morgan fingerprint density at radius 2 is 2.00 bits per heavy atom. The number of rotatable bonds is 15. The molecule has 10 nitrogen and oxygen atoms in total. The summed E-state index contributed by atoms with van der Waals surface area (Å²) in [5, 5.41) is 4.14. The fraction of sp³-hybridized carbons (Fsp3) is 0.484. The number of carbonyl (C=O) groups excluding carboxylic acids is 1. The van der Waals surface area contributed by atoms with E-state index in [9.17, 15) is 9.59 Å². The van der Waals surface area contributed by atoms with Gasteiger partial charge in [-0.25, -0.2) is 9.97 Å². The third-order valence-electron chi connectivity index (χ3n) is 8.27. The number of amides is 1. The van der Waals surface area contributed by atoms with E-state index in [4.69, 9.17) is 35.5 Å². The van der Waals surface area contributed by atoms with Crippen LogP contribution in [0, 0.1) is 5.92 Å². The molecule has 224 valence electrons. The second-order valence-corrected chi connectivity index (χ2v) is 11.6. The Kier molecular flexibility index (Phi) is 9.76. The Morgan fingerprint density at radius 3 is 2.81 bits per heavy atom. The first-order valence-electron chi connectivity index (χ1n) is 14.5. The molecule has 1 aliphatic heterocycles. The summed E-state index contributed by atoms with van der Waals surface area (Å²) in [5.74, 6) is 1.46. The molecule has 4 aromatic rings. The van der Waals surface area contributed by atoms with Gasteiger partial charge in [0, 0.05) is 62.0 Å². The highest BCUT2D eigenvalue weighted by atomic mass is 35.5. The molecular weight excluding hydrogens is 558 g/mol. The van der Waals surface area contributed by atoms with E-state index in [1.54, 1.807) is 6.07 Å². The summed E-state index contributed by atoms with van der Waals surface area (Å²) < 4.78 is 18.1. The molecule has 4 heterocycles. The average molecular weight is 596 g/mol. The lowest BCUT2D eigenvalue weighted by Gasteiger charge is -2.35. The lowest BCUT2D eigenvalue weighted by Crippen LogP contribution is -2.40. The fourth-order valence-corrected chi connectivity index (χ4v) is 5.78. The predicted molar refractivity (Wildman–Crippen MR) is 163 cm³/mol. The van der Waals surface area contributed by atoms with E-state index < -0.39 is 5.41 Å². The summed E-state index contributed by atoms with van der Waals surface area (Å²) >= 11 is 6.20. The average Bonchev–Trinajstić information content (AvgIpc) is 3.66. The summed E-state index contributed by atoms with van der Waals surface area (Å²) in [6.45, 7) is 8.14. The van der Waals surface area contributed by atoms with Gasteiger partial charge in [0.15, 0.2) is 17.2 Å². The number of nitrogens with zero attached hydrogens (tertiary/aromatic N) is 3. The van der Waals surface area contributed by atoms with E-state index in [0.29, 0.717) is 68.6 Å². The molecule has 1 saturated heterocycles. The molecular formula is C31H38ClN5O5. The number of aromatic amines is 1. The Hall–Kier alpha value is -3.47. The van der Waals surface area contributed by atoms with Gasteiger partial charge in [0.1, 0.15) is 17.7 Å². The Balaban J connectivity index is 1.16. The van der Waals surface area contributed by atoms with Crippen molar-refractivity contribution in [1.29, 1.82) is 0 Å². The number of aromatic nitrogens is 3. The lowest BCUT2D eigenvalue weighted by molar-refractivity contribution is -0.109. The van der Waals surface area contributed by atoms with Crippen LogP contribution in [0.25, 0.3) is 22.1 Å². The molecule has 0 bridgehead atoms. The van der Waals surface area contributed by atoms with Crippen molar-refractivity contribution in [3.8, 4) is 0 Å². The largest absolute Gasteiger partial charge is 0.450 e. The zero-order valence-electron chi connectivity index (χ0n) is 24.2. The van der Waals surface area contributed by atoms with E-state index >= 15 is 0 Å². The number of hydrogen-bond acceptors (Lipinski definition) is 8. The second kappa shape index (κ2) is 13.7. The van der Waals surface area contributed by atoms with Crippen molar-refractivity contribution in [3.05, 3.63) is 63.3 Å².